The van der Waals surface area contributed by atoms with E-state index < -0.39 is 18.5 Å². The van der Waals surface area contributed by atoms with Crippen molar-refractivity contribution in [2.45, 2.75) is 6.54 Å². The molecular formula is C18H16N2O5. The van der Waals surface area contributed by atoms with Crippen molar-refractivity contribution in [2.24, 2.45) is 0 Å². The van der Waals surface area contributed by atoms with Gasteiger partial charge in [-0.2, -0.15) is 5.26 Å². The zero-order valence-corrected chi connectivity index (χ0v) is 13.5. The van der Waals surface area contributed by atoms with Gasteiger partial charge in [-0.25, -0.2) is 4.79 Å². The van der Waals surface area contributed by atoms with Gasteiger partial charge in [0.25, 0.3) is 5.91 Å². The molecule has 0 unspecified atom stereocenters. The highest BCUT2D eigenvalue weighted by atomic mass is 16.5. The van der Waals surface area contributed by atoms with Gasteiger partial charge in [-0.15, -0.1) is 0 Å². The number of carbonyl (C=O) groups excluding carboxylic acids is 2. The standard InChI is InChI=1S/C18H16N2O5/c1-23-15-6-4-13(5-7-15)9-14(10-19)18(22)25-12-17(21)20-11-16-3-2-8-24-16/h2-9H,11-12H2,1H3,(H,20,21). The van der Waals surface area contributed by atoms with Crippen LogP contribution >= 0.6 is 0 Å². The lowest BCUT2D eigenvalue weighted by Gasteiger charge is -2.05. The summed E-state index contributed by atoms with van der Waals surface area (Å²) in [6, 6.07) is 12.0. The van der Waals surface area contributed by atoms with Crippen LogP contribution in [0.2, 0.25) is 0 Å². The first kappa shape index (κ1) is 17.8. The summed E-state index contributed by atoms with van der Waals surface area (Å²) in [5, 5.41) is 11.6. The molecule has 25 heavy (non-hydrogen) atoms. The third-order valence-corrected chi connectivity index (χ3v) is 3.14. The average molecular weight is 340 g/mol. The molecule has 2 aromatic rings. The largest absolute Gasteiger partial charge is 0.497 e. The SMILES string of the molecule is COc1ccc(C=C(C#N)C(=O)OCC(=O)NCc2ccco2)cc1. The highest BCUT2D eigenvalue weighted by molar-refractivity contribution is 5.98. The van der Waals surface area contributed by atoms with Crippen LogP contribution in [0.25, 0.3) is 6.08 Å². The summed E-state index contributed by atoms with van der Waals surface area (Å²) in [4.78, 5) is 23.5. The highest BCUT2D eigenvalue weighted by Gasteiger charge is 2.13. The van der Waals surface area contributed by atoms with Gasteiger partial charge in [0, 0.05) is 0 Å². The summed E-state index contributed by atoms with van der Waals surface area (Å²) >= 11 is 0. The van der Waals surface area contributed by atoms with Gasteiger partial charge in [-0.3, -0.25) is 4.79 Å². The summed E-state index contributed by atoms with van der Waals surface area (Å²) in [6.45, 7) is -0.294. The second-order valence-corrected chi connectivity index (χ2v) is 4.88. The number of hydrogen-bond donors (Lipinski definition) is 1. The summed E-state index contributed by atoms with van der Waals surface area (Å²) < 4.78 is 14.9. The van der Waals surface area contributed by atoms with Gasteiger partial charge in [0.2, 0.25) is 0 Å². The molecule has 0 bridgehead atoms. The number of nitrogens with one attached hydrogen (secondary N) is 1. The molecule has 7 nitrogen and oxygen atoms in total. The van der Waals surface area contributed by atoms with Gasteiger partial charge in [0.1, 0.15) is 23.2 Å². The van der Waals surface area contributed by atoms with E-state index >= 15 is 0 Å². The Morgan fingerprint density at radius 2 is 2.04 bits per heavy atom. The van der Waals surface area contributed by atoms with E-state index in [9.17, 15) is 9.59 Å². The second-order valence-electron chi connectivity index (χ2n) is 4.88. The number of rotatable bonds is 7. The maximum atomic E-state index is 11.9. The van der Waals surface area contributed by atoms with Crippen LogP contribution in [0, 0.1) is 11.3 Å². The Morgan fingerprint density at radius 1 is 1.28 bits per heavy atom. The van der Waals surface area contributed by atoms with Crippen LogP contribution in [0.3, 0.4) is 0 Å². The smallest absolute Gasteiger partial charge is 0.349 e. The van der Waals surface area contributed by atoms with Crippen molar-refractivity contribution >= 4 is 18.0 Å². The molecule has 0 fully saturated rings. The first-order chi connectivity index (χ1) is 12.1. The molecule has 0 radical (unpaired) electrons. The van der Waals surface area contributed by atoms with Crippen molar-refractivity contribution < 1.29 is 23.5 Å². The van der Waals surface area contributed by atoms with Crippen molar-refractivity contribution in [1.29, 1.82) is 5.26 Å². The quantitative estimate of drug-likeness (QED) is 0.470. The Balaban J connectivity index is 1.87. The molecule has 0 saturated heterocycles. The number of esters is 1. The van der Waals surface area contributed by atoms with Gasteiger partial charge in [-0.1, -0.05) is 12.1 Å². The van der Waals surface area contributed by atoms with E-state index in [-0.39, 0.29) is 12.1 Å². The lowest BCUT2D eigenvalue weighted by Crippen LogP contribution is -2.28. The minimum absolute atomic E-state index is 0.191. The number of furan rings is 1. The molecule has 0 aliphatic carbocycles. The third-order valence-electron chi connectivity index (χ3n) is 3.14. The zero-order chi connectivity index (χ0) is 18.1. The summed E-state index contributed by atoms with van der Waals surface area (Å²) in [6.07, 6.45) is 2.87. The van der Waals surface area contributed by atoms with Crippen molar-refractivity contribution in [3.05, 3.63) is 59.6 Å². The minimum atomic E-state index is -0.869. The van der Waals surface area contributed by atoms with Gasteiger partial charge in [0.05, 0.1) is 19.9 Å². The molecule has 1 aromatic heterocycles. The number of hydrogen-bond acceptors (Lipinski definition) is 6. The highest BCUT2D eigenvalue weighted by Crippen LogP contribution is 2.14. The number of nitrogens with zero attached hydrogens (tertiary/aromatic N) is 1. The summed E-state index contributed by atoms with van der Waals surface area (Å²) in [5.41, 5.74) is 0.431. The fourth-order valence-corrected chi connectivity index (χ4v) is 1.86. The number of amides is 1. The molecule has 1 aromatic carbocycles. The number of carbonyl (C=O) groups is 2. The molecule has 1 heterocycles. The Bertz CT molecular complexity index is 786. The molecule has 0 atom stereocenters. The zero-order valence-electron chi connectivity index (χ0n) is 13.5. The maximum absolute atomic E-state index is 11.9. The predicted molar refractivity (Wildman–Crippen MR) is 88.1 cm³/mol. The molecule has 0 aliphatic heterocycles. The van der Waals surface area contributed by atoms with Gasteiger partial charge in [-0.05, 0) is 35.9 Å². The topological polar surface area (TPSA) is 102 Å². The summed E-state index contributed by atoms with van der Waals surface area (Å²) in [7, 11) is 1.54. The van der Waals surface area contributed by atoms with Crippen LogP contribution in [0.4, 0.5) is 0 Å². The van der Waals surface area contributed by atoms with Gasteiger partial charge in [0.15, 0.2) is 6.61 Å². The van der Waals surface area contributed by atoms with E-state index in [1.165, 1.54) is 12.3 Å². The Hall–Kier alpha value is -3.53. The molecule has 1 amide bonds. The lowest BCUT2D eigenvalue weighted by atomic mass is 10.1. The van der Waals surface area contributed by atoms with Crippen LogP contribution in [0.5, 0.6) is 5.75 Å². The lowest BCUT2D eigenvalue weighted by molar-refractivity contribution is -0.144. The monoisotopic (exact) mass is 340 g/mol. The van der Waals surface area contributed by atoms with Crippen LogP contribution in [-0.2, 0) is 20.9 Å². The molecule has 7 heteroatoms. The molecule has 1 N–H and O–H groups in total. The normalized spacial score (nSPS) is 10.6. The average Bonchev–Trinajstić information content (AvgIpc) is 3.16. The molecular weight excluding hydrogens is 324 g/mol. The first-order valence-electron chi connectivity index (χ1n) is 7.34. The first-order valence-corrected chi connectivity index (χ1v) is 7.34. The van der Waals surface area contributed by atoms with E-state index in [0.29, 0.717) is 17.1 Å². The van der Waals surface area contributed by atoms with Crippen LogP contribution in [0.15, 0.2) is 52.7 Å². The second kappa shape index (κ2) is 8.93. The van der Waals surface area contributed by atoms with Crippen LogP contribution < -0.4 is 10.1 Å². The molecule has 128 valence electrons. The van der Waals surface area contributed by atoms with E-state index in [1.54, 1.807) is 49.6 Å². The van der Waals surface area contributed by atoms with E-state index in [2.05, 4.69) is 5.32 Å². The maximum Gasteiger partial charge on any atom is 0.349 e. The Kier molecular flexibility index (Phi) is 6.37. The molecule has 0 spiro atoms. The van der Waals surface area contributed by atoms with E-state index in [4.69, 9.17) is 19.2 Å². The van der Waals surface area contributed by atoms with E-state index in [1.807, 2.05) is 0 Å². The summed E-state index contributed by atoms with van der Waals surface area (Å²) in [5.74, 6) is -0.124. The number of methoxy groups -OCH3 is 1. The predicted octanol–water partition coefficient (Wildman–Crippen LogP) is 2.05. The molecule has 2 rings (SSSR count). The minimum Gasteiger partial charge on any atom is -0.497 e. The van der Waals surface area contributed by atoms with Crippen molar-refractivity contribution in [2.75, 3.05) is 13.7 Å². The fourth-order valence-electron chi connectivity index (χ4n) is 1.86. The number of ether oxygens (including phenoxy) is 2. The van der Waals surface area contributed by atoms with Crippen molar-refractivity contribution in [3.8, 4) is 11.8 Å². The van der Waals surface area contributed by atoms with Crippen LogP contribution in [-0.4, -0.2) is 25.6 Å². The van der Waals surface area contributed by atoms with Crippen molar-refractivity contribution in [3.63, 3.8) is 0 Å². The Labute approximate surface area is 144 Å². The third kappa shape index (κ3) is 5.55. The van der Waals surface area contributed by atoms with E-state index in [0.717, 1.165) is 0 Å². The van der Waals surface area contributed by atoms with Gasteiger partial charge >= 0.3 is 5.97 Å². The fraction of sp³-hybridized carbons (Fsp3) is 0.167. The van der Waals surface area contributed by atoms with Gasteiger partial charge < -0.3 is 19.2 Å². The number of nitriles is 1. The number of benzene rings is 1. The molecule has 0 saturated carbocycles. The Morgan fingerprint density at radius 3 is 2.64 bits per heavy atom. The van der Waals surface area contributed by atoms with Crippen LogP contribution in [0.1, 0.15) is 11.3 Å². The molecule has 0 aliphatic rings. The van der Waals surface area contributed by atoms with Crippen molar-refractivity contribution in [1.82, 2.24) is 5.32 Å².